The highest BCUT2D eigenvalue weighted by Crippen LogP contribution is 2.20. The van der Waals surface area contributed by atoms with Gasteiger partial charge in [-0.05, 0) is 32.0 Å². The quantitative estimate of drug-likeness (QED) is 0.867. The van der Waals surface area contributed by atoms with Crippen LogP contribution in [0.15, 0.2) is 18.2 Å². The zero-order valence-electron chi connectivity index (χ0n) is 10.1. The summed E-state index contributed by atoms with van der Waals surface area (Å²) in [6.45, 7) is 3.85. The zero-order chi connectivity index (χ0) is 13.9. The molecule has 3 nitrogen and oxygen atoms in total. The van der Waals surface area contributed by atoms with Crippen LogP contribution in [0.5, 0.6) is 0 Å². The third-order valence-corrected chi connectivity index (χ3v) is 2.81. The number of halogens is 2. The van der Waals surface area contributed by atoms with Crippen molar-refractivity contribution in [3.63, 3.8) is 0 Å². The molecule has 6 heteroatoms. The van der Waals surface area contributed by atoms with Gasteiger partial charge in [0.2, 0.25) is 0 Å². The van der Waals surface area contributed by atoms with Gasteiger partial charge in [0.05, 0.1) is 22.1 Å². The van der Waals surface area contributed by atoms with Crippen LogP contribution in [0, 0.1) is 5.82 Å². The molecule has 0 bridgehead atoms. The SMILES string of the molecule is CC(C)N(CC(N)=S)C(=O)c1ccc(F)cc1Cl. The van der Waals surface area contributed by atoms with Crippen molar-refractivity contribution in [1.29, 1.82) is 0 Å². The molecule has 1 rings (SSSR count). The summed E-state index contributed by atoms with van der Waals surface area (Å²) in [5.74, 6) is -0.801. The van der Waals surface area contributed by atoms with Crippen molar-refractivity contribution in [3.8, 4) is 0 Å². The third kappa shape index (κ3) is 3.65. The van der Waals surface area contributed by atoms with Crippen molar-refractivity contribution in [2.45, 2.75) is 19.9 Å². The second-order valence-corrected chi connectivity index (χ2v) is 5.05. The standard InChI is InChI=1S/C12H14ClFN2OS/c1-7(2)16(6-11(15)18)12(17)9-4-3-8(14)5-10(9)13/h3-5,7H,6H2,1-2H3,(H2,15,18). The smallest absolute Gasteiger partial charge is 0.255 e. The first-order valence-corrected chi connectivity index (χ1v) is 6.16. The van der Waals surface area contributed by atoms with Gasteiger partial charge < -0.3 is 10.6 Å². The zero-order valence-corrected chi connectivity index (χ0v) is 11.7. The molecule has 0 aliphatic rings. The van der Waals surface area contributed by atoms with E-state index in [1.165, 1.54) is 17.0 Å². The first-order chi connectivity index (χ1) is 8.32. The Kier molecular flexibility index (Phi) is 5.04. The van der Waals surface area contributed by atoms with Gasteiger partial charge in [-0.1, -0.05) is 23.8 Å². The Hall–Kier alpha value is -1.20. The highest BCUT2D eigenvalue weighted by Gasteiger charge is 2.21. The van der Waals surface area contributed by atoms with E-state index in [0.717, 1.165) is 6.07 Å². The molecule has 0 heterocycles. The Bertz CT molecular complexity index is 479. The Morgan fingerprint density at radius 1 is 1.56 bits per heavy atom. The largest absolute Gasteiger partial charge is 0.392 e. The second-order valence-electron chi connectivity index (χ2n) is 4.12. The molecule has 0 atom stereocenters. The van der Waals surface area contributed by atoms with E-state index in [2.05, 4.69) is 0 Å². The van der Waals surface area contributed by atoms with Crippen molar-refractivity contribution in [1.82, 2.24) is 4.90 Å². The highest BCUT2D eigenvalue weighted by atomic mass is 35.5. The van der Waals surface area contributed by atoms with Crippen LogP contribution >= 0.6 is 23.8 Å². The Balaban J connectivity index is 3.05. The second kappa shape index (κ2) is 6.11. The molecular formula is C12H14ClFN2OS. The lowest BCUT2D eigenvalue weighted by Crippen LogP contribution is -2.42. The van der Waals surface area contributed by atoms with Gasteiger partial charge in [-0.25, -0.2) is 4.39 Å². The molecule has 0 radical (unpaired) electrons. The van der Waals surface area contributed by atoms with Gasteiger partial charge in [-0.2, -0.15) is 0 Å². The van der Waals surface area contributed by atoms with Crippen LogP contribution < -0.4 is 5.73 Å². The van der Waals surface area contributed by atoms with E-state index in [4.69, 9.17) is 29.6 Å². The molecule has 0 aromatic heterocycles. The first-order valence-electron chi connectivity index (χ1n) is 5.37. The fourth-order valence-corrected chi connectivity index (χ4v) is 1.86. The summed E-state index contributed by atoms with van der Waals surface area (Å²) in [5.41, 5.74) is 5.69. The minimum absolute atomic E-state index is 0.0774. The van der Waals surface area contributed by atoms with Crippen molar-refractivity contribution < 1.29 is 9.18 Å². The lowest BCUT2D eigenvalue weighted by atomic mass is 10.1. The summed E-state index contributed by atoms with van der Waals surface area (Å²) < 4.78 is 12.9. The predicted octanol–water partition coefficient (Wildman–Crippen LogP) is 2.62. The Morgan fingerprint density at radius 2 is 2.17 bits per heavy atom. The summed E-state index contributed by atoms with van der Waals surface area (Å²) >= 11 is 10.7. The van der Waals surface area contributed by atoms with Crippen LogP contribution in [0.1, 0.15) is 24.2 Å². The lowest BCUT2D eigenvalue weighted by Gasteiger charge is -2.26. The van der Waals surface area contributed by atoms with Crippen molar-refractivity contribution in [3.05, 3.63) is 34.6 Å². The number of rotatable bonds is 4. The van der Waals surface area contributed by atoms with Crippen LogP contribution in [-0.4, -0.2) is 28.4 Å². The van der Waals surface area contributed by atoms with E-state index < -0.39 is 5.82 Å². The number of carbonyl (C=O) groups excluding carboxylic acids is 1. The molecular weight excluding hydrogens is 275 g/mol. The average molecular weight is 289 g/mol. The van der Waals surface area contributed by atoms with Crippen molar-refractivity contribution >= 4 is 34.7 Å². The van der Waals surface area contributed by atoms with Crippen LogP contribution in [0.4, 0.5) is 4.39 Å². The first kappa shape index (κ1) is 14.9. The number of carbonyl (C=O) groups is 1. The molecule has 0 saturated heterocycles. The molecule has 1 amide bonds. The van der Waals surface area contributed by atoms with Crippen molar-refractivity contribution in [2.75, 3.05) is 6.54 Å². The van der Waals surface area contributed by atoms with E-state index in [9.17, 15) is 9.18 Å². The summed E-state index contributed by atoms with van der Waals surface area (Å²) in [4.78, 5) is 14.0. The topological polar surface area (TPSA) is 46.3 Å². The molecule has 0 spiro atoms. The summed E-state index contributed by atoms with van der Waals surface area (Å²) in [6.07, 6.45) is 0. The molecule has 0 aliphatic heterocycles. The maximum atomic E-state index is 12.9. The van der Waals surface area contributed by atoms with Crippen LogP contribution in [0.3, 0.4) is 0 Å². The van der Waals surface area contributed by atoms with Gasteiger partial charge in [-0.3, -0.25) is 4.79 Å². The molecule has 1 aromatic rings. The van der Waals surface area contributed by atoms with Gasteiger partial charge in [0.25, 0.3) is 5.91 Å². The van der Waals surface area contributed by atoms with Gasteiger partial charge in [-0.15, -0.1) is 0 Å². The Morgan fingerprint density at radius 3 is 2.61 bits per heavy atom. The van der Waals surface area contributed by atoms with E-state index in [0.29, 0.717) is 0 Å². The number of nitrogens with zero attached hydrogens (tertiary/aromatic N) is 1. The molecule has 18 heavy (non-hydrogen) atoms. The van der Waals surface area contributed by atoms with Crippen LogP contribution in [0.2, 0.25) is 5.02 Å². The molecule has 0 saturated carbocycles. The normalized spacial score (nSPS) is 10.5. The van der Waals surface area contributed by atoms with E-state index >= 15 is 0 Å². The number of thiocarbonyl (C=S) groups is 1. The maximum Gasteiger partial charge on any atom is 0.255 e. The van der Waals surface area contributed by atoms with Gasteiger partial charge in [0.1, 0.15) is 5.82 Å². The van der Waals surface area contributed by atoms with E-state index in [-0.39, 0.29) is 34.1 Å². The van der Waals surface area contributed by atoms with Crippen molar-refractivity contribution in [2.24, 2.45) is 5.73 Å². The molecule has 98 valence electrons. The Labute approximate surface area is 116 Å². The maximum absolute atomic E-state index is 12.9. The predicted molar refractivity (Wildman–Crippen MR) is 74.4 cm³/mol. The minimum Gasteiger partial charge on any atom is -0.392 e. The fourth-order valence-electron chi connectivity index (χ4n) is 1.47. The third-order valence-electron chi connectivity index (χ3n) is 2.37. The van der Waals surface area contributed by atoms with E-state index in [1.54, 1.807) is 0 Å². The number of hydrogen-bond donors (Lipinski definition) is 1. The van der Waals surface area contributed by atoms with E-state index in [1.807, 2.05) is 13.8 Å². The fraction of sp³-hybridized carbons (Fsp3) is 0.333. The summed E-state index contributed by atoms with van der Waals surface area (Å²) in [5, 5.41) is 0.0774. The molecule has 0 unspecified atom stereocenters. The highest BCUT2D eigenvalue weighted by molar-refractivity contribution is 7.80. The monoisotopic (exact) mass is 288 g/mol. The number of hydrogen-bond acceptors (Lipinski definition) is 2. The molecule has 1 aromatic carbocycles. The molecule has 0 fully saturated rings. The van der Waals surface area contributed by atoms with Gasteiger partial charge in [0.15, 0.2) is 0 Å². The summed E-state index contributed by atoms with van der Waals surface area (Å²) in [6, 6.07) is 3.57. The average Bonchev–Trinajstić information content (AvgIpc) is 2.24. The number of nitrogens with two attached hydrogens (primary N) is 1. The summed E-state index contributed by atoms with van der Waals surface area (Å²) in [7, 11) is 0. The van der Waals surface area contributed by atoms with Crippen LogP contribution in [-0.2, 0) is 0 Å². The molecule has 0 aliphatic carbocycles. The molecule has 2 N–H and O–H groups in total. The number of amides is 1. The minimum atomic E-state index is -0.484. The lowest BCUT2D eigenvalue weighted by molar-refractivity contribution is 0.0736. The van der Waals surface area contributed by atoms with Gasteiger partial charge >= 0.3 is 0 Å². The van der Waals surface area contributed by atoms with Crippen LogP contribution in [0.25, 0.3) is 0 Å². The van der Waals surface area contributed by atoms with Gasteiger partial charge in [0, 0.05) is 6.04 Å². The number of benzene rings is 1.